The Morgan fingerprint density at radius 1 is 1.29 bits per heavy atom. The molecule has 5 nitrogen and oxygen atoms in total. The highest BCUT2D eigenvalue weighted by Gasteiger charge is 2.21. The summed E-state index contributed by atoms with van der Waals surface area (Å²) in [7, 11) is 0. The van der Waals surface area contributed by atoms with Crippen molar-refractivity contribution in [2.75, 3.05) is 25.4 Å². The molecule has 2 heterocycles. The standard InChI is InChI=1S/C18H25N3O2S/c1-3-21(4-2)16(17-9-7-11-23-17)12-20-18(22)14-24-13-15-8-5-6-10-19-15/h5-11,16H,3-4,12-14H2,1-2H3,(H,20,22)/t16-/m1/s1. The number of carbonyl (C=O) groups is 1. The average Bonchev–Trinajstić information content (AvgIpc) is 3.14. The topological polar surface area (TPSA) is 58.4 Å². The summed E-state index contributed by atoms with van der Waals surface area (Å²) in [4.78, 5) is 18.6. The lowest BCUT2D eigenvalue weighted by Gasteiger charge is -2.28. The molecular formula is C18H25N3O2S. The summed E-state index contributed by atoms with van der Waals surface area (Å²) in [5.41, 5.74) is 0.993. The molecule has 0 saturated carbocycles. The van der Waals surface area contributed by atoms with Crippen LogP contribution in [-0.4, -0.2) is 41.2 Å². The average molecular weight is 347 g/mol. The van der Waals surface area contributed by atoms with Crippen molar-refractivity contribution in [3.8, 4) is 0 Å². The molecular weight excluding hydrogens is 322 g/mol. The van der Waals surface area contributed by atoms with Crippen LogP contribution in [0.25, 0.3) is 0 Å². The van der Waals surface area contributed by atoms with Crippen LogP contribution in [0.4, 0.5) is 0 Å². The maximum absolute atomic E-state index is 12.1. The second kappa shape index (κ2) is 10.2. The van der Waals surface area contributed by atoms with E-state index in [9.17, 15) is 4.79 Å². The quantitative estimate of drug-likeness (QED) is 0.716. The zero-order chi connectivity index (χ0) is 17.2. The SMILES string of the molecule is CCN(CC)[C@H](CNC(=O)CSCc1ccccn1)c1ccco1. The third-order valence-electron chi connectivity index (χ3n) is 3.83. The van der Waals surface area contributed by atoms with Crippen LogP contribution in [0.2, 0.25) is 0 Å². The number of rotatable bonds is 10. The van der Waals surface area contributed by atoms with Gasteiger partial charge in [-0.1, -0.05) is 19.9 Å². The molecule has 1 N–H and O–H groups in total. The fraction of sp³-hybridized carbons (Fsp3) is 0.444. The van der Waals surface area contributed by atoms with Gasteiger partial charge in [0, 0.05) is 18.5 Å². The molecule has 2 aromatic rings. The second-order valence-corrected chi connectivity index (χ2v) is 6.36. The minimum atomic E-state index is 0.0413. The fourth-order valence-electron chi connectivity index (χ4n) is 2.55. The van der Waals surface area contributed by atoms with E-state index in [4.69, 9.17) is 4.42 Å². The monoisotopic (exact) mass is 347 g/mol. The number of likely N-dealkylation sites (N-methyl/N-ethyl adjacent to an activating group) is 1. The summed E-state index contributed by atoms with van der Waals surface area (Å²) < 4.78 is 5.55. The van der Waals surface area contributed by atoms with E-state index in [1.54, 1.807) is 24.2 Å². The van der Waals surface area contributed by atoms with E-state index in [0.717, 1.165) is 30.3 Å². The number of nitrogens with one attached hydrogen (secondary N) is 1. The predicted molar refractivity (Wildman–Crippen MR) is 97.8 cm³/mol. The summed E-state index contributed by atoms with van der Waals surface area (Å²) in [6.45, 7) is 6.60. The molecule has 0 radical (unpaired) electrons. The maximum atomic E-state index is 12.1. The zero-order valence-corrected chi connectivity index (χ0v) is 15.1. The Labute approximate surface area is 147 Å². The summed E-state index contributed by atoms with van der Waals surface area (Å²) in [5.74, 6) is 2.10. The molecule has 0 saturated heterocycles. The van der Waals surface area contributed by atoms with Crippen molar-refractivity contribution in [1.82, 2.24) is 15.2 Å². The Bertz CT molecular complexity index is 586. The maximum Gasteiger partial charge on any atom is 0.230 e. The Morgan fingerprint density at radius 2 is 2.12 bits per heavy atom. The number of nitrogens with zero attached hydrogens (tertiary/aromatic N) is 2. The minimum absolute atomic E-state index is 0.0413. The lowest BCUT2D eigenvalue weighted by Crippen LogP contribution is -2.38. The van der Waals surface area contributed by atoms with Gasteiger partial charge >= 0.3 is 0 Å². The van der Waals surface area contributed by atoms with Crippen LogP contribution in [-0.2, 0) is 10.5 Å². The van der Waals surface area contributed by atoms with E-state index in [-0.39, 0.29) is 11.9 Å². The van der Waals surface area contributed by atoms with E-state index in [1.807, 2.05) is 30.3 Å². The molecule has 0 aliphatic rings. The van der Waals surface area contributed by atoms with Crippen LogP contribution in [0.1, 0.15) is 31.3 Å². The van der Waals surface area contributed by atoms with Gasteiger partial charge < -0.3 is 9.73 Å². The van der Waals surface area contributed by atoms with Crippen molar-refractivity contribution in [2.45, 2.75) is 25.6 Å². The number of thioether (sulfide) groups is 1. The molecule has 130 valence electrons. The first-order valence-electron chi connectivity index (χ1n) is 8.26. The first-order valence-corrected chi connectivity index (χ1v) is 9.41. The third kappa shape index (κ3) is 5.69. The van der Waals surface area contributed by atoms with E-state index in [0.29, 0.717) is 12.3 Å². The van der Waals surface area contributed by atoms with Gasteiger partial charge in [0.25, 0.3) is 0 Å². The minimum Gasteiger partial charge on any atom is -0.468 e. The number of furan rings is 1. The fourth-order valence-corrected chi connectivity index (χ4v) is 3.32. The van der Waals surface area contributed by atoms with Gasteiger partial charge in [0.15, 0.2) is 0 Å². The molecule has 2 aromatic heterocycles. The molecule has 2 rings (SSSR count). The van der Waals surface area contributed by atoms with Gasteiger partial charge in [-0.25, -0.2) is 0 Å². The molecule has 1 amide bonds. The highest BCUT2D eigenvalue weighted by Crippen LogP contribution is 2.20. The van der Waals surface area contributed by atoms with Crippen LogP contribution in [0.5, 0.6) is 0 Å². The molecule has 0 aliphatic heterocycles. The first-order chi connectivity index (χ1) is 11.7. The van der Waals surface area contributed by atoms with Gasteiger partial charge in [0.1, 0.15) is 5.76 Å². The molecule has 0 aliphatic carbocycles. The van der Waals surface area contributed by atoms with Crippen LogP contribution in [0.15, 0.2) is 47.2 Å². The molecule has 0 bridgehead atoms. The molecule has 0 spiro atoms. The van der Waals surface area contributed by atoms with E-state index >= 15 is 0 Å². The summed E-state index contributed by atoms with van der Waals surface area (Å²) >= 11 is 1.57. The van der Waals surface area contributed by atoms with Gasteiger partial charge in [-0.15, -0.1) is 11.8 Å². The Hall–Kier alpha value is -1.79. The number of amides is 1. The van der Waals surface area contributed by atoms with Crippen LogP contribution in [0, 0.1) is 0 Å². The Balaban J connectivity index is 1.79. The van der Waals surface area contributed by atoms with Gasteiger partial charge in [0.2, 0.25) is 5.91 Å². The third-order valence-corrected chi connectivity index (χ3v) is 4.79. The lowest BCUT2D eigenvalue weighted by molar-refractivity contribution is -0.118. The molecule has 6 heteroatoms. The first kappa shape index (κ1) is 18.5. The summed E-state index contributed by atoms with van der Waals surface area (Å²) in [6, 6.07) is 9.74. The number of pyridine rings is 1. The number of hydrogen-bond acceptors (Lipinski definition) is 5. The van der Waals surface area contributed by atoms with E-state index in [2.05, 4.69) is 29.0 Å². The second-order valence-electron chi connectivity index (χ2n) is 5.37. The van der Waals surface area contributed by atoms with Crippen molar-refractivity contribution in [3.05, 3.63) is 54.2 Å². The highest BCUT2D eigenvalue weighted by molar-refractivity contribution is 7.99. The van der Waals surface area contributed by atoms with Gasteiger partial charge in [-0.2, -0.15) is 0 Å². The molecule has 0 aromatic carbocycles. The van der Waals surface area contributed by atoms with Crippen molar-refractivity contribution >= 4 is 17.7 Å². The van der Waals surface area contributed by atoms with Gasteiger partial charge in [-0.05, 0) is 37.4 Å². The summed E-state index contributed by atoms with van der Waals surface area (Å²) in [6.07, 6.45) is 3.45. The van der Waals surface area contributed by atoms with E-state index < -0.39 is 0 Å². The number of aromatic nitrogens is 1. The smallest absolute Gasteiger partial charge is 0.230 e. The van der Waals surface area contributed by atoms with E-state index in [1.165, 1.54) is 0 Å². The van der Waals surface area contributed by atoms with Crippen molar-refractivity contribution in [2.24, 2.45) is 0 Å². The number of hydrogen-bond donors (Lipinski definition) is 1. The summed E-state index contributed by atoms with van der Waals surface area (Å²) in [5, 5.41) is 3.02. The van der Waals surface area contributed by atoms with Crippen molar-refractivity contribution in [1.29, 1.82) is 0 Å². The van der Waals surface area contributed by atoms with Gasteiger partial charge in [-0.3, -0.25) is 14.7 Å². The molecule has 24 heavy (non-hydrogen) atoms. The predicted octanol–water partition coefficient (Wildman–Crippen LogP) is 3.11. The molecule has 1 atom stereocenters. The largest absolute Gasteiger partial charge is 0.468 e. The van der Waals surface area contributed by atoms with Crippen LogP contribution < -0.4 is 5.32 Å². The number of carbonyl (C=O) groups excluding carboxylic acids is 1. The Kier molecular flexibility index (Phi) is 7.85. The van der Waals surface area contributed by atoms with Crippen LogP contribution >= 0.6 is 11.8 Å². The normalized spacial score (nSPS) is 12.3. The Morgan fingerprint density at radius 3 is 2.75 bits per heavy atom. The van der Waals surface area contributed by atoms with Crippen molar-refractivity contribution in [3.63, 3.8) is 0 Å². The zero-order valence-electron chi connectivity index (χ0n) is 14.3. The van der Waals surface area contributed by atoms with Crippen LogP contribution in [0.3, 0.4) is 0 Å². The molecule has 0 unspecified atom stereocenters. The van der Waals surface area contributed by atoms with Gasteiger partial charge in [0.05, 0.1) is 23.8 Å². The lowest BCUT2D eigenvalue weighted by atomic mass is 10.2. The molecule has 0 fully saturated rings. The van der Waals surface area contributed by atoms with Crippen molar-refractivity contribution < 1.29 is 9.21 Å². The highest BCUT2D eigenvalue weighted by atomic mass is 32.2.